The molecule has 19 heavy (non-hydrogen) atoms. The number of hydrogen-bond acceptors (Lipinski definition) is 2. The number of ether oxygens (including phenoxy) is 1. The van der Waals surface area contributed by atoms with Crippen molar-refractivity contribution in [3.05, 3.63) is 63.1 Å². The molecular formula is C16H18BrNO. The van der Waals surface area contributed by atoms with Gasteiger partial charge in [-0.25, -0.2) is 0 Å². The fraction of sp³-hybridized carbons (Fsp3) is 0.250. The van der Waals surface area contributed by atoms with Gasteiger partial charge in [0.1, 0.15) is 5.75 Å². The Balaban J connectivity index is 2.48. The van der Waals surface area contributed by atoms with Crippen LogP contribution in [0.5, 0.6) is 5.75 Å². The van der Waals surface area contributed by atoms with Gasteiger partial charge in [0.05, 0.1) is 13.2 Å². The summed E-state index contributed by atoms with van der Waals surface area (Å²) in [4.78, 5) is 0. The van der Waals surface area contributed by atoms with Gasteiger partial charge in [-0.15, -0.1) is 0 Å². The minimum Gasteiger partial charge on any atom is -0.497 e. The minimum atomic E-state index is -0.163. The van der Waals surface area contributed by atoms with Crippen LogP contribution in [0.3, 0.4) is 0 Å². The van der Waals surface area contributed by atoms with Gasteiger partial charge in [-0.2, -0.15) is 0 Å². The maximum Gasteiger partial charge on any atom is 0.119 e. The Hall–Kier alpha value is -1.32. The minimum absolute atomic E-state index is 0.163. The molecule has 1 unspecified atom stereocenters. The molecule has 0 fully saturated rings. The maximum atomic E-state index is 6.42. The molecule has 2 N–H and O–H groups in total. The van der Waals surface area contributed by atoms with Crippen LogP contribution < -0.4 is 10.5 Å². The second-order valence-electron chi connectivity index (χ2n) is 4.73. The highest BCUT2D eigenvalue weighted by Crippen LogP contribution is 2.31. The lowest BCUT2D eigenvalue weighted by molar-refractivity contribution is 0.414. The quantitative estimate of drug-likeness (QED) is 0.923. The number of aryl methyl sites for hydroxylation is 2. The summed E-state index contributed by atoms with van der Waals surface area (Å²) in [5.74, 6) is 0.818. The molecule has 3 heteroatoms. The van der Waals surface area contributed by atoms with E-state index >= 15 is 0 Å². The van der Waals surface area contributed by atoms with Gasteiger partial charge in [-0.05, 0) is 48.7 Å². The molecule has 0 amide bonds. The van der Waals surface area contributed by atoms with Crippen molar-refractivity contribution >= 4 is 15.9 Å². The van der Waals surface area contributed by atoms with Crippen molar-refractivity contribution in [1.29, 1.82) is 0 Å². The van der Waals surface area contributed by atoms with Gasteiger partial charge in [0, 0.05) is 4.47 Å². The standard InChI is InChI=1S/C16H18BrNO/c1-10-4-5-11(2)13(8-10)16(18)14-9-12(19-3)6-7-15(14)17/h4-9,16H,18H2,1-3H3. The average Bonchev–Trinajstić information content (AvgIpc) is 2.41. The molecule has 0 aliphatic heterocycles. The summed E-state index contributed by atoms with van der Waals surface area (Å²) in [5.41, 5.74) is 11.0. The fourth-order valence-electron chi connectivity index (χ4n) is 2.15. The zero-order chi connectivity index (χ0) is 14.0. The first-order valence-electron chi connectivity index (χ1n) is 6.19. The third-order valence-corrected chi connectivity index (χ3v) is 4.03. The number of methoxy groups -OCH3 is 1. The molecule has 1 atom stereocenters. The largest absolute Gasteiger partial charge is 0.497 e. The van der Waals surface area contributed by atoms with Crippen LogP contribution in [0.2, 0.25) is 0 Å². The van der Waals surface area contributed by atoms with E-state index < -0.39 is 0 Å². The van der Waals surface area contributed by atoms with Crippen LogP contribution in [-0.4, -0.2) is 7.11 Å². The van der Waals surface area contributed by atoms with Gasteiger partial charge < -0.3 is 10.5 Å². The van der Waals surface area contributed by atoms with Crippen LogP contribution in [0.4, 0.5) is 0 Å². The molecule has 2 nitrogen and oxygen atoms in total. The Morgan fingerprint density at radius 2 is 1.79 bits per heavy atom. The van der Waals surface area contributed by atoms with E-state index in [0.717, 1.165) is 21.3 Å². The molecule has 0 aliphatic carbocycles. The van der Waals surface area contributed by atoms with Gasteiger partial charge in [0.25, 0.3) is 0 Å². The smallest absolute Gasteiger partial charge is 0.119 e. The van der Waals surface area contributed by atoms with Crippen molar-refractivity contribution in [2.75, 3.05) is 7.11 Å². The second kappa shape index (κ2) is 5.76. The van der Waals surface area contributed by atoms with E-state index in [2.05, 4.69) is 48.0 Å². The maximum absolute atomic E-state index is 6.42. The summed E-state index contributed by atoms with van der Waals surface area (Å²) < 4.78 is 6.28. The van der Waals surface area contributed by atoms with Crippen molar-refractivity contribution in [2.24, 2.45) is 5.73 Å². The molecule has 0 aromatic heterocycles. The van der Waals surface area contributed by atoms with E-state index in [1.165, 1.54) is 11.1 Å². The van der Waals surface area contributed by atoms with Crippen molar-refractivity contribution in [3.63, 3.8) is 0 Å². The van der Waals surface area contributed by atoms with Crippen LogP contribution >= 0.6 is 15.9 Å². The molecule has 0 bridgehead atoms. The van der Waals surface area contributed by atoms with Crippen molar-refractivity contribution in [3.8, 4) is 5.75 Å². The van der Waals surface area contributed by atoms with Crippen molar-refractivity contribution < 1.29 is 4.74 Å². The monoisotopic (exact) mass is 319 g/mol. The molecule has 0 radical (unpaired) electrons. The van der Waals surface area contributed by atoms with E-state index in [1.54, 1.807) is 7.11 Å². The van der Waals surface area contributed by atoms with Crippen molar-refractivity contribution in [1.82, 2.24) is 0 Å². The molecule has 0 aliphatic rings. The predicted molar refractivity (Wildman–Crippen MR) is 82.6 cm³/mol. The fourth-order valence-corrected chi connectivity index (χ4v) is 2.64. The van der Waals surface area contributed by atoms with Crippen LogP contribution in [0, 0.1) is 13.8 Å². The third-order valence-electron chi connectivity index (χ3n) is 3.31. The Labute approximate surface area is 122 Å². The Bertz CT molecular complexity index is 595. The van der Waals surface area contributed by atoms with Gasteiger partial charge in [-0.1, -0.05) is 39.7 Å². The Morgan fingerprint density at radius 1 is 1.05 bits per heavy atom. The third kappa shape index (κ3) is 2.99. The zero-order valence-corrected chi connectivity index (χ0v) is 13.0. The highest BCUT2D eigenvalue weighted by atomic mass is 79.9. The molecule has 0 spiro atoms. The molecular weight excluding hydrogens is 302 g/mol. The highest BCUT2D eigenvalue weighted by molar-refractivity contribution is 9.10. The lowest BCUT2D eigenvalue weighted by Crippen LogP contribution is -2.14. The Morgan fingerprint density at radius 3 is 2.47 bits per heavy atom. The first-order valence-corrected chi connectivity index (χ1v) is 6.98. The van der Waals surface area contributed by atoms with Crippen LogP contribution in [0.1, 0.15) is 28.3 Å². The predicted octanol–water partition coefficient (Wildman–Crippen LogP) is 4.12. The van der Waals surface area contributed by atoms with Crippen LogP contribution in [-0.2, 0) is 0 Å². The highest BCUT2D eigenvalue weighted by Gasteiger charge is 2.15. The van der Waals surface area contributed by atoms with Crippen molar-refractivity contribution in [2.45, 2.75) is 19.9 Å². The van der Waals surface area contributed by atoms with Gasteiger partial charge in [0.15, 0.2) is 0 Å². The molecule has 2 rings (SSSR count). The van der Waals surface area contributed by atoms with E-state index in [1.807, 2.05) is 18.2 Å². The summed E-state index contributed by atoms with van der Waals surface area (Å²) >= 11 is 3.57. The number of halogens is 1. The molecule has 0 saturated heterocycles. The van der Waals surface area contributed by atoms with E-state index in [4.69, 9.17) is 10.5 Å². The van der Waals surface area contributed by atoms with E-state index in [0.29, 0.717) is 0 Å². The van der Waals surface area contributed by atoms with Gasteiger partial charge in [-0.3, -0.25) is 0 Å². The zero-order valence-electron chi connectivity index (χ0n) is 11.4. The Kier molecular flexibility index (Phi) is 4.27. The van der Waals surface area contributed by atoms with Gasteiger partial charge >= 0.3 is 0 Å². The number of hydrogen-bond donors (Lipinski definition) is 1. The summed E-state index contributed by atoms with van der Waals surface area (Å²) in [6.45, 7) is 4.17. The normalized spacial score (nSPS) is 12.3. The number of rotatable bonds is 3. The molecule has 100 valence electrons. The summed E-state index contributed by atoms with van der Waals surface area (Å²) in [5, 5.41) is 0. The first-order chi connectivity index (χ1) is 9.02. The SMILES string of the molecule is COc1ccc(Br)c(C(N)c2cc(C)ccc2C)c1. The summed E-state index contributed by atoms with van der Waals surface area (Å²) in [7, 11) is 1.66. The summed E-state index contributed by atoms with van der Waals surface area (Å²) in [6.07, 6.45) is 0. The molecule has 2 aromatic carbocycles. The topological polar surface area (TPSA) is 35.2 Å². The van der Waals surface area contributed by atoms with Crippen LogP contribution in [0.25, 0.3) is 0 Å². The lowest BCUT2D eigenvalue weighted by Gasteiger charge is -2.18. The average molecular weight is 320 g/mol. The number of nitrogens with two attached hydrogens (primary N) is 1. The second-order valence-corrected chi connectivity index (χ2v) is 5.58. The lowest BCUT2D eigenvalue weighted by atomic mass is 9.94. The molecule has 2 aromatic rings. The van der Waals surface area contributed by atoms with Crippen LogP contribution in [0.15, 0.2) is 40.9 Å². The van der Waals surface area contributed by atoms with Gasteiger partial charge in [0.2, 0.25) is 0 Å². The number of benzene rings is 2. The van der Waals surface area contributed by atoms with E-state index in [-0.39, 0.29) is 6.04 Å². The molecule has 0 heterocycles. The first kappa shape index (κ1) is 14.1. The molecule has 0 saturated carbocycles. The van der Waals surface area contributed by atoms with E-state index in [9.17, 15) is 0 Å². The summed E-state index contributed by atoms with van der Waals surface area (Å²) in [6, 6.07) is 12.1.